The van der Waals surface area contributed by atoms with E-state index in [9.17, 15) is 4.79 Å². The lowest BCUT2D eigenvalue weighted by molar-refractivity contribution is -0.141. The molecular weight excluding hydrogens is 348 g/mol. The molecule has 2 aliphatic carbocycles. The largest absolute Gasteiger partial charge is 0.378 e. The van der Waals surface area contributed by atoms with Gasteiger partial charge in [0.15, 0.2) is 0 Å². The van der Waals surface area contributed by atoms with Gasteiger partial charge >= 0.3 is 0 Å². The van der Waals surface area contributed by atoms with Crippen LogP contribution in [0.25, 0.3) is 4.96 Å². The summed E-state index contributed by atoms with van der Waals surface area (Å²) in [4.78, 5) is 19.9. The lowest BCUT2D eigenvalue weighted by Gasteiger charge is -2.60. The summed E-state index contributed by atoms with van der Waals surface area (Å²) in [7, 11) is 2.12. The highest BCUT2D eigenvalue weighted by atomic mass is 32.1. The molecule has 6 nitrogen and oxygen atoms in total. The number of anilines is 1. The van der Waals surface area contributed by atoms with Gasteiger partial charge in [0.2, 0.25) is 10.1 Å². The second-order valence-corrected chi connectivity index (χ2v) is 8.55. The van der Waals surface area contributed by atoms with Crippen molar-refractivity contribution in [2.45, 2.75) is 70.9 Å². The zero-order chi connectivity index (χ0) is 18.3. The van der Waals surface area contributed by atoms with Crippen molar-refractivity contribution in [3.8, 4) is 0 Å². The third kappa shape index (κ3) is 2.76. The molecule has 0 N–H and O–H groups in total. The van der Waals surface area contributed by atoms with Gasteiger partial charge in [-0.15, -0.1) is 5.10 Å². The van der Waals surface area contributed by atoms with Gasteiger partial charge in [0.1, 0.15) is 0 Å². The quantitative estimate of drug-likeness (QED) is 0.801. The van der Waals surface area contributed by atoms with Crippen LogP contribution in [0, 0.1) is 5.41 Å². The van der Waals surface area contributed by atoms with Gasteiger partial charge in [-0.2, -0.15) is 4.52 Å². The van der Waals surface area contributed by atoms with Crippen LogP contribution < -0.4 is 10.5 Å². The minimum atomic E-state index is -0.0871. The molecule has 2 heterocycles. The predicted molar refractivity (Wildman–Crippen MR) is 104 cm³/mol. The summed E-state index contributed by atoms with van der Waals surface area (Å²) >= 11 is 1.51. The molecule has 26 heavy (non-hydrogen) atoms. The molecule has 0 saturated heterocycles. The molecule has 2 fully saturated rings. The third-order valence-corrected chi connectivity index (χ3v) is 7.31. The molecule has 0 bridgehead atoms. The van der Waals surface area contributed by atoms with Crippen LogP contribution >= 0.6 is 11.3 Å². The number of ether oxygens (including phenoxy) is 1. The molecule has 4 rings (SSSR count). The first-order valence-corrected chi connectivity index (χ1v) is 10.6. The zero-order valence-electron chi connectivity index (χ0n) is 15.9. The molecule has 2 unspecified atom stereocenters. The molecule has 2 aliphatic rings. The van der Waals surface area contributed by atoms with Crippen LogP contribution in [0.5, 0.6) is 0 Å². The summed E-state index contributed by atoms with van der Waals surface area (Å²) < 4.78 is 7.53. The van der Waals surface area contributed by atoms with Gasteiger partial charge in [-0.3, -0.25) is 4.79 Å². The van der Waals surface area contributed by atoms with E-state index in [-0.39, 0.29) is 11.0 Å². The number of rotatable bonds is 5. The van der Waals surface area contributed by atoms with E-state index in [1.807, 2.05) is 6.92 Å². The van der Waals surface area contributed by atoms with Crippen molar-refractivity contribution >= 4 is 21.4 Å². The summed E-state index contributed by atoms with van der Waals surface area (Å²) in [6, 6.07) is 2.02. The molecule has 142 valence electrons. The van der Waals surface area contributed by atoms with E-state index in [2.05, 4.69) is 29.0 Å². The van der Waals surface area contributed by atoms with Crippen molar-refractivity contribution in [2.24, 2.45) is 5.41 Å². The van der Waals surface area contributed by atoms with E-state index in [1.54, 1.807) is 6.07 Å². The summed E-state index contributed by atoms with van der Waals surface area (Å²) in [5, 5.41) is 5.47. The van der Waals surface area contributed by atoms with Crippen LogP contribution in [0.4, 0.5) is 5.13 Å². The Kier molecular flexibility index (Phi) is 4.77. The minimum absolute atomic E-state index is 0.0871. The zero-order valence-corrected chi connectivity index (χ0v) is 16.7. The fraction of sp³-hybridized carbons (Fsp3) is 0.737. The van der Waals surface area contributed by atoms with Crippen molar-refractivity contribution in [3.63, 3.8) is 0 Å². The van der Waals surface area contributed by atoms with E-state index < -0.39 is 0 Å². The highest BCUT2D eigenvalue weighted by Crippen LogP contribution is 2.55. The normalized spacial score (nSPS) is 24.7. The number of fused-ring (bicyclic) bond motifs is 1. The van der Waals surface area contributed by atoms with Gasteiger partial charge in [0.05, 0.1) is 6.10 Å². The Hall–Kier alpha value is -1.47. The van der Waals surface area contributed by atoms with Crippen LogP contribution in [0.2, 0.25) is 0 Å². The van der Waals surface area contributed by atoms with E-state index in [4.69, 9.17) is 4.74 Å². The Balaban J connectivity index is 1.64. The van der Waals surface area contributed by atoms with Crippen molar-refractivity contribution in [1.82, 2.24) is 14.6 Å². The van der Waals surface area contributed by atoms with Gasteiger partial charge in [-0.05, 0) is 32.6 Å². The molecule has 0 aliphatic heterocycles. The summed E-state index contributed by atoms with van der Waals surface area (Å²) in [6.45, 7) is 4.88. The highest BCUT2D eigenvalue weighted by molar-refractivity contribution is 7.20. The van der Waals surface area contributed by atoms with Crippen molar-refractivity contribution in [3.05, 3.63) is 22.1 Å². The minimum Gasteiger partial charge on any atom is -0.378 e. The first-order chi connectivity index (χ1) is 12.6. The van der Waals surface area contributed by atoms with Crippen LogP contribution in [0.15, 0.2) is 10.9 Å². The monoisotopic (exact) mass is 376 g/mol. The summed E-state index contributed by atoms with van der Waals surface area (Å²) in [5.41, 5.74) is 0.987. The van der Waals surface area contributed by atoms with Gasteiger partial charge in [-0.1, -0.05) is 37.5 Å². The number of aromatic nitrogens is 3. The number of hydrogen-bond donors (Lipinski definition) is 0. The Labute approximate surface area is 158 Å². The van der Waals surface area contributed by atoms with Gasteiger partial charge in [0, 0.05) is 36.9 Å². The molecule has 1 spiro atoms. The summed E-state index contributed by atoms with van der Waals surface area (Å²) in [6.07, 6.45) is 8.54. The van der Waals surface area contributed by atoms with Gasteiger partial charge in [0.25, 0.3) is 5.56 Å². The second-order valence-electron chi connectivity index (χ2n) is 7.62. The van der Waals surface area contributed by atoms with Crippen molar-refractivity contribution in [2.75, 3.05) is 18.6 Å². The topological polar surface area (TPSA) is 59.7 Å². The molecule has 0 radical (unpaired) electrons. The smallest absolute Gasteiger partial charge is 0.275 e. The van der Waals surface area contributed by atoms with E-state index in [1.165, 1.54) is 48.0 Å². The Bertz CT molecular complexity index is 840. The van der Waals surface area contributed by atoms with Crippen LogP contribution in [0.3, 0.4) is 0 Å². The predicted octanol–water partition coefficient (Wildman–Crippen LogP) is 3.28. The molecular formula is C19H28N4O2S. The first-order valence-electron chi connectivity index (χ1n) is 9.83. The fourth-order valence-electron chi connectivity index (χ4n) is 4.87. The number of hydrogen-bond acceptors (Lipinski definition) is 6. The average Bonchev–Trinajstić information content (AvgIpc) is 3.10. The van der Waals surface area contributed by atoms with E-state index in [0.29, 0.717) is 17.1 Å². The van der Waals surface area contributed by atoms with E-state index >= 15 is 0 Å². The Morgan fingerprint density at radius 3 is 2.81 bits per heavy atom. The third-order valence-electron chi connectivity index (χ3n) is 6.31. The number of aryl methyl sites for hydroxylation is 1. The van der Waals surface area contributed by atoms with Crippen LogP contribution in [-0.2, 0) is 11.2 Å². The van der Waals surface area contributed by atoms with E-state index in [0.717, 1.165) is 30.3 Å². The maximum atomic E-state index is 12.3. The highest BCUT2D eigenvalue weighted by Gasteiger charge is 2.57. The molecule has 2 aromatic rings. The molecule has 2 aromatic heterocycles. The van der Waals surface area contributed by atoms with Crippen molar-refractivity contribution < 1.29 is 4.74 Å². The molecule has 2 saturated carbocycles. The fourth-order valence-corrected chi connectivity index (χ4v) is 5.81. The first kappa shape index (κ1) is 17.9. The molecule has 0 aromatic carbocycles. The van der Waals surface area contributed by atoms with Crippen LogP contribution in [0.1, 0.15) is 58.1 Å². The molecule has 2 atom stereocenters. The summed E-state index contributed by atoms with van der Waals surface area (Å²) in [5.74, 6) is 0. The molecule has 0 amide bonds. The van der Waals surface area contributed by atoms with Gasteiger partial charge < -0.3 is 9.64 Å². The molecule has 7 heteroatoms. The second kappa shape index (κ2) is 6.93. The number of nitrogens with zero attached hydrogens (tertiary/aromatic N) is 4. The lowest BCUT2D eigenvalue weighted by Crippen LogP contribution is -2.65. The Morgan fingerprint density at radius 1 is 1.35 bits per heavy atom. The SMILES string of the molecule is CCOC1CC(N(C)c2nn3c(=O)cc(CC)nc3s2)C12CCCCC2. The van der Waals surface area contributed by atoms with Crippen LogP contribution in [-0.4, -0.2) is 40.4 Å². The standard InChI is InChI=1S/C19H28N4O2S/c1-4-13-11-16(24)23-17(20-13)26-18(21-23)22(3)14-12-15(25-5-2)19(14)9-7-6-8-10-19/h11,14-15H,4-10,12H2,1-3H3. The van der Waals surface area contributed by atoms with Crippen molar-refractivity contribution in [1.29, 1.82) is 0 Å². The maximum Gasteiger partial charge on any atom is 0.275 e. The lowest BCUT2D eigenvalue weighted by atomic mass is 9.54. The average molecular weight is 377 g/mol. The maximum absolute atomic E-state index is 12.3. The Morgan fingerprint density at radius 2 is 2.12 bits per heavy atom. The van der Waals surface area contributed by atoms with Gasteiger partial charge in [-0.25, -0.2) is 4.98 Å².